The fourth-order valence-electron chi connectivity index (χ4n) is 2.05. The van der Waals surface area contributed by atoms with Crippen molar-refractivity contribution in [2.24, 2.45) is 0 Å². The number of benzene rings is 2. The summed E-state index contributed by atoms with van der Waals surface area (Å²) in [4.78, 5) is 0. The Labute approximate surface area is 129 Å². The molecule has 0 saturated heterocycles. The third-order valence-electron chi connectivity index (χ3n) is 3.12. The van der Waals surface area contributed by atoms with Gasteiger partial charge in [0.25, 0.3) is 0 Å². The van der Waals surface area contributed by atoms with Crippen LogP contribution in [0.15, 0.2) is 59.2 Å². The molecule has 0 aliphatic rings. The Kier molecular flexibility index (Phi) is 3.81. The minimum Gasteiger partial charge on any atom is -0.382 e. The predicted octanol–water partition coefficient (Wildman–Crippen LogP) is 3.25. The average molecular weight is 348 g/mol. The monoisotopic (exact) mass is 347 g/mol. The topological polar surface area (TPSA) is 50.9 Å². The summed E-state index contributed by atoms with van der Waals surface area (Å²) in [6.07, 6.45) is 0.459. The van der Waals surface area contributed by atoms with E-state index in [1.807, 2.05) is 30.3 Å². The zero-order valence-electron chi connectivity index (χ0n) is 10.8. The highest BCUT2D eigenvalue weighted by molar-refractivity contribution is 9.10. The van der Waals surface area contributed by atoms with E-state index in [0.29, 0.717) is 15.7 Å². The highest BCUT2D eigenvalue weighted by Gasteiger charge is 2.18. The number of rotatable bonds is 3. The van der Waals surface area contributed by atoms with Gasteiger partial charge in [0.05, 0.1) is 22.1 Å². The fourth-order valence-corrected chi connectivity index (χ4v) is 2.30. The predicted molar refractivity (Wildman–Crippen MR) is 79.5 cm³/mol. The molecular formula is C15H11BrFN3O. The molecule has 2 aromatic carbocycles. The van der Waals surface area contributed by atoms with Gasteiger partial charge in [-0.2, -0.15) is 0 Å². The molecule has 106 valence electrons. The van der Waals surface area contributed by atoms with Gasteiger partial charge in [0.2, 0.25) is 0 Å². The molecule has 3 rings (SSSR count). The number of hydrogen-bond donors (Lipinski definition) is 1. The van der Waals surface area contributed by atoms with Crippen molar-refractivity contribution in [2.45, 2.75) is 6.10 Å². The Bertz CT molecular complexity index is 761. The summed E-state index contributed by atoms with van der Waals surface area (Å²) in [6, 6.07) is 13.8. The molecule has 4 nitrogen and oxygen atoms in total. The van der Waals surface area contributed by atoms with Gasteiger partial charge in [-0.1, -0.05) is 29.5 Å². The summed E-state index contributed by atoms with van der Waals surface area (Å²) in [5.41, 5.74) is 1.69. The molecule has 0 bridgehead atoms. The van der Waals surface area contributed by atoms with Crippen molar-refractivity contribution in [3.63, 3.8) is 0 Å². The summed E-state index contributed by atoms with van der Waals surface area (Å²) in [5, 5.41) is 18.3. The second-order valence-electron chi connectivity index (χ2n) is 4.48. The molecule has 0 aliphatic heterocycles. The van der Waals surface area contributed by atoms with E-state index < -0.39 is 11.9 Å². The molecule has 1 aromatic heterocycles. The first-order valence-corrected chi connectivity index (χ1v) is 7.05. The third kappa shape index (κ3) is 2.72. The minimum absolute atomic E-state index is 0.355. The van der Waals surface area contributed by atoms with Gasteiger partial charge < -0.3 is 5.11 Å². The second-order valence-corrected chi connectivity index (χ2v) is 5.34. The van der Waals surface area contributed by atoms with Gasteiger partial charge in [0.1, 0.15) is 11.9 Å². The molecule has 0 saturated carbocycles. The van der Waals surface area contributed by atoms with Crippen LogP contribution >= 0.6 is 15.9 Å². The molecule has 0 spiro atoms. The van der Waals surface area contributed by atoms with E-state index in [2.05, 4.69) is 26.2 Å². The molecule has 21 heavy (non-hydrogen) atoms. The number of halogens is 2. The summed E-state index contributed by atoms with van der Waals surface area (Å²) < 4.78 is 15.5. The first-order valence-electron chi connectivity index (χ1n) is 6.26. The van der Waals surface area contributed by atoms with Crippen LogP contribution in [-0.4, -0.2) is 20.1 Å². The largest absolute Gasteiger partial charge is 0.382 e. The number of hydrogen-bond acceptors (Lipinski definition) is 3. The lowest BCUT2D eigenvalue weighted by molar-refractivity contribution is 0.211. The van der Waals surface area contributed by atoms with E-state index in [4.69, 9.17) is 0 Å². The Hall–Kier alpha value is -2.05. The molecule has 1 unspecified atom stereocenters. The summed E-state index contributed by atoms with van der Waals surface area (Å²) in [6.45, 7) is 0. The maximum absolute atomic E-state index is 13.6. The SMILES string of the molecule is OC(c1ccc(Br)c(F)c1)c1cnnn1-c1ccccc1. The zero-order chi connectivity index (χ0) is 14.8. The molecule has 0 radical (unpaired) electrons. The van der Waals surface area contributed by atoms with Crippen molar-refractivity contribution in [3.8, 4) is 5.69 Å². The van der Waals surface area contributed by atoms with Crippen molar-refractivity contribution >= 4 is 15.9 Å². The Morgan fingerprint density at radius 1 is 1.14 bits per heavy atom. The number of para-hydroxylation sites is 1. The molecule has 1 atom stereocenters. The van der Waals surface area contributed by atoms with E-state index in [0.717, 1.165) is 5.69 Å². The molecule has 1 heterocycles. The smallest absolute Gasteiger partial charge is 0.137 e. The number of aliphatic hydroxyl groups is 1. The lowest BCUT2D eigenvalue weighted by atomic mass is 10.1. The molecule has 6 heteroatoms. The van der Waals surface area contributed by atoms with Gasteiger partial charge in [-0.3, -0.25) is 0 Å². The molecule has 0 fully saturated rings. The number of nitrogens with zero attached hydrogens (tertiary/aromatic N) is 3. The Morgan fingerprint density at radius 2 is 1.90 bits per heavy atom. The summed E-state index contributed by atoms with van der Waals surface area (Å²) in [7, 11) is 0. The van der Waals surface area contributed by atoms with E-state index in [1.54, 1.807) is 12.1 Å². The molecule has 0 aliphatic carbocycles. The van der Waals surface area contributed by atoms with Crippen LogP contribution < -0.4 is 0 Å². The van der Waals surface area contributed by atoms with Crippen molar-refractivity contribution < 1.29 is 9.50 Å². The molecular weight excluding hydrogens is 337 g/mol. The van der Waals surface area contributed by atoms with Gasteiger partial charge >= 0.3 is 0 Å². The maximum atomic E-state index is 13.6. The van der Waals surface area contributed by atoms with E-state index in [-0.39, 0.29) is 0 Å². The summed E-state index contributed by atoms with van der Waals surface area (Å²) >= 11 is 3.09. The number of aromatic nitrogens is 3. The van der Waals surface area contributed by atoms with Crippen LogP contribution in [0.4, 0.5) is 4.39 Å². The van der Waals surface area contributed by atoms with Crippen LogP contribution in [0, 0.1) is 5.82 Å². The lowest BCUT2D eigenvalue weighted by Crippen LogP contribution is -2.08. The first kappa shape index (κ1) is 13.9. The van der Waals surface area contributed by atoms with E-state index in [1.165, 1.54) is 16.9 Å². The van der Waals surface area contributed by atoms with Crippen molar-refractivity contribution in [2.75, 3.05) is 0 Å². The van der Waals surface area contributed by atoms with Crippen LogP contribution in [0.2, 0.25) is 0 Å². The lowest BCUT2D eigenvalue weighted by Gasteiger charge is -2.13. The zero-order valence-corrected chi connectivity index (χ0v) is 12.4. The minimum atomic E-state index is -1.01. The maximum Gasteiger partial charge on any atom is 0.137 e. The van der Waals surface area contributed by atoms with Crippen LogP contribution in [0.3, 0.4) is 0 Å². The third-order valence-corrected chi connectivity index (χ3v) is 3.76. The van der Waals surface area contributed by atoms with Crippen LogP contribution in [0.25, 0.3) is 5.69 Å². The number of aliphatic hydroxyl groups excluding tert-OH is 1. The Balaban J connectivity index is 2.01. The van der Waals surface area contributed by atoms with Crippen LogP contribution in [0.1, 0.15) is 17.4 Å². The first-order chi connectivity index (χ1) is 10.2. The average Bonchev–Trinajstić information content (AvgIpc) is 2.99. The van der Waals surface area contributed by atoms with Gasteiger partial charge in [-0.05, 0) is 45.8 Å². The Morgan fingerprint density at radius 3 is 2.62 bits per heavy atom. The standard InChI is InChI=1S/C15H11BrFN3O/c16-12-7-6-10(8-13(12)17)15(21)14-9-18-19-20(14)11-4-2-1-3-5-11/h1-9,15,21H. The normalized spacial score (nSPS) is 12.3. The van der Waals surface area contributed by atoms with Crippen LogP contribution in [-0.2, 0) is 0 Å². The van der Waals surface area contributed by atoms with Crippen LogP contribution in [0.5, 0.6) is 0 Å². The second kappa shape index (κ2) is 5.75. The van der Waals surface area contributed by atoms with Gasteiger partial charge in [-0.15, -0.1) is 5.10 Å². The quantitative estimate of drug-likeness (QED) is 0.791. The van der Waals surface area contributed by atoms with E-state index in [9.17, 15) is 9.50 Å². The molecule has 3 aromatic rings. The molecule has 1 N–H and O–H groups in total. The van der Waals surface area contributed by atoms with Gasteiger partial charge in [0.15, 0.2) is 0 Å². The van der Waals surface area contributed by atoms with Gasteiger partial charge in [-0.25, -0.2) is 9.07 Å². The fraction of sp³-hybridized carbons (Fsp3) is 0.0667. The van der Waals surface area contributed by atoms with Crippen molar-refractivity contribution in [3.05, 3.63) is 76.3 Å². The highest BCUT2D eigenvalue weighted by atomic mass is 79.9. The summed E-state index contributed by atoms with van der Waals surface area (Å²) in [5.74, 6) is -0.426. The van der Waals surface area contributed by atoms with Crippen molar-refractivity contribution in [1.82, 2.24) is 15.0 Å². The van der Waals surface area contributed by atoms with Crippen molar-refractivity contribution in [1.29, 1.82) is 0 Å². The molecule has 0 amide bonds. The van der Waals surface area contributed by atoms with E-state index >= 15 is 0 Å². The van der Waals surface area contributed by atoms with Gasteiger partial charge in [0, 0.05) is 0 Å². The highest BCUT2D eigenvalue weighted by Crippen LogP contribution is 2.26.